The van der Waals surface area contributed by atoms with E-state index >= 15 is 0 Å². The van der Waals surface area contributed by atoms with Crippen molar-refractivity contribution in [1.29, 1.82) is 0 Å². The highest BCUT2D eigenvalue weighted by atomic mass is 16.3. The van der Waals surface area contributed by atoms with E-state index in [0.29, 0.717) is 19.5 Å². The van der Waals surface area contributed by atoms with Crippen molar-refractivity contribution in [2.45, 2.75) is 18.9 Å². The Bertz CT molecular complexity index is 483. The van der Waals surface area contributed by atoms with Gasteiger partial charge in [0.15, 0.2) is 0 Å². The molecule has 0 radical (unpaired) electrons. The zero-order valence-electron chi connectivity index (χ0n) is 11.7. The third kappa shape index (κ3) is 3.30. The van der Waals surface area contributed by atoms with Gasteiger partial charge in [-0.25, -0.2) is 0 Å². The molecule has 0 aliphatic heterocycles. The maximum atomic E-state index is 9.20. The summed E-state index contributed by atoms with van der Waals surface area (Å²) in [4.78, 5) is 1.95. The van der Waals surface area contributed by atoms with Crippen molar-refractivity contribution >= 4 is 5.57 Å². The van der Waals surface area contributed by atoms with Gasteiger partial charge in [-0.2, -0.15) is 0 Å². The highest BCUT2D eigenvalue weighted by Crippen LogP contribution is 2.33. The Labute approximate surface area is 119 Å². The molecule has 1 atom stereocenters. The minimum absolute atomic E-state index is 0.0304. The number of rotatable bonds is 6. The molecule has 1 aliphatic rings. The number of nitrogens with two attached hydrogens (primary N) is 1. The van der Waals surface area contributed by atoms with Crippen molar-refractivity contribution in [3.63, 3.8) is 0 Å². The summed E-state index contributed by atoms with van der Waals surface area (Å²) in [5.41, 5.74) is 7.64. The fourth-order valence-electron chi connectivity index (χ4n) is 2.41. The van der Waals surface area contributed by atoms with Gasteiger partial charge in [0.2, 0.25) is 0 Å². The first-order valence-corrected chi connectivity index (χ1v) is 6.80. The highest BCUT2D eigenvalue weighted by Gasteiger charge is 2.26. The summed E-state index contributed by atoms with van der Waals surface area (Å²) >= 11 is 0. The van der Waals surface area contributed by atoms with E-state index in [4.69, 9.17) is 10.2 Å². The molecule has 1 unspecified atom stereocenters. The molecule has 1 aromatic rings. The van der Waals surface area contributed by atoms with Crippen molar-refractivity contribution in [2.24, 2.45) is 5.73 Å². The Morgan fingerprint density at radius 2 is 2.05 bits per heavy atom. The predicted molar refractivity (Wildman–Crippen MR) is 77.7 cm³/mol. The molecular weight excluding hydrogens is 256 g/mol. The Balaban J connectivity index is 2.35. The number of nitrogens with zero attached hydrogens (tertiary/aromatic N) is 1. The van der Waals surface area contributed by atoms with Crippen LogP contribution in [0, 0.1) is 0 Å². The van der Waals surface area contributed by atoms with Crippen LogP contribution in [0.5, 0.6) is 0 Å². The molecule has 2 rings (SSSR count). The van der Waals surface area contributed by atoms with Gasteiger partial charge in [0, 0.05) is 29.9 Å². The van der Waals surface area contributed by atoms with E-state index in [0.717, 1.165) is 17.0 Å². The summed E-state index contributed by atoms with van der Waals surface area (Å²) < 4.78 is 5.49. The molecule has 0 fully saturated rings. The summed E-state index contributed by atoms with van der Waals surface area (Å²) in [7, 11) is 0. The Hall–Kier alpha value is -1.56. The Morgan fingerprint density at radius 3 is 2.60 bits per heavy atom. The number of allylic oxidation sites excluding steroid dienone is 1. The molecule has 5 nitrogen and oxygen atoms in total. The largest absolute Gasteiger partial charge is 0.464 e. The second-order valence-electron chi connectivity index (χ2n) is 5.27. The summed E-state index contributed by atoms with van der Waals surface area (Å²) in [5.74, 6) is 0.744. The van der Waals surface area contributed by atoms with Crippen LogP contribution < -0.4 is 5.73 Å². The van der Waals surface area contributed by atoms with Crippen LogP contribution in [0.2, 0.25) is 0 Å². The third-order valence-corrected chi connectivity index (χ3v) is 3.35. The molecule has 0 spiro atoms. The molecule has 5 heteroatoms. The van der Waals surface area contributed by atoms with Crippen LogP contribution in [0.1, 0.15) is 19.1 Å². The van der Waals surface area contributed by atoms with Gasteiger partial charge in [0.1, 0.15) is 5.76 Å². The van der Waals surface area contributed by atoms with Crippen molar-refractivity contribution < 1.29 is 14.6 Å². The number of hydrogen-bond acceptors (Lipinski definition) is 5. The normalized spacial score (nSPS) is 22.4. The molecule has 0 saturated carbocycles. The van der Waals surface area contributed by atoms with Gasteiger partial charge in [-0.15, -0.1) is 0 Å². The molecule has 110 valence electrons. The van der Waals surface area contributed by atoms with Crippen LogP contribution in [-0.2, 0) is 0 Å². The maximum absolute atomic E-state index is 9.20. The lowest BCUT2D eigenvalue weighted by Gasteiger charge is -2.33. The summed E-state index contributed by atoms with van der Waals surface area (Å²) in [5, 5.41) is 18.4. The average Bonchev–Trinajstić information content (AvgIpc) is 2.91. The van der Waals surface area contributed by atoms with Gasteiger partial charge in [0.25, 0.3) is 0 Å². The molecule has 1 aliphatic carbocycles. The molecule has 0 amide bonds. The Kier molecular flexibility index (Phi) is 4.65. The van der Waals surface area contributed by atoms with E-state index in [1.807, 2.05) is 36.1 Å². The lowest BCUT2D eigenvalue weighted by Crippen LogP contribution is -2.38. The van der Waals surface area contributed by atoms with Crippen LogP contribution in [0.25, 0.3) is 5.57 Å². The van der Waals surface area contributed by atoms with Crippen LogP contribution >= 0.6 is 0 Å². The van der Waals surface area contributed by atoms with Gasteiger partial charge < -0.3 is 25.3 Å². The average molecular weight is 278 g/mol. The molecular formula is C15H22N2O3. The van der Waals surface area contributed by atoms with Crippen LogP contribution in [-0.4, -0.2) is 47.0 Å². The summed E-state index contributed by atoms with van der Waals surface area (Å²) in [6, 6.07) is 3.72. The van der Waals surface area contributed by atoms with E-state index < -0.39 is 5.54 Å². The number of furan rings is 1. The first-order valence-electron chi connectivity index (χ1n) is 6.80. The van der Waals surface area contributed by atoms with Gasteiger partial charge in [-0.3, -0.25) is 0 Å². The van der Waals surface area contributed by atoms with E-state index in [1.165, 1.54) is 0 Å². The zero-order valence-corrected chi connectivity index (χ0v) is 11.7. The van der Waals surface area contributed by atoms with Crippen molar-refractivity contribution in [2.75, 3.05) is 26.3 Å². The van der Waals surface area contributed by atoms with Gasteiger partial charge in [-0.1, -0.05) is 12.2 Å². The molecule has 0 saturated heterocycles. The topological polar surface area (TPSA) is 82.9 Å². The highest BCUT2D eigenvalue weighted by molar-refractivity contribution is 5.78. The monoisotopic (exact) mass is 278 g/mol. The van der Waals surface area contributed by atoms with Crippen LogP contribution in [0.15, 0.2) is 40.7 Å². The molecule has 0 bridgehead atoms. The van der Waals surface area contributed by atoms with Crippen molar-refractivity contribution in [1.82, 2.24) is 4.90 Å². The minimum atomic E-state index is -0.421. The molecule has 1 heterocycles. The number of hydrogen-bond donors (Lipinski definition) is 3. The zero-order chi connectivity index (χ0) is 14.6. The third-order valence-electron chi connectivity index (χ3n) is 3.35. The second kappa shape index (κ2) is 6.26. The molecule has 0 aromatic carbocycles. The molecule has 20 heavy (non-hydrogen) atoms. The van der Waals surface area contributed by atoms with Gasteiger partial charge >= 0.3 is 0 Å². The second-order valence-corrected chi connectivity index (χ2v) is 5.27. The van der Waals surface area contributed by atoms with Crippen LogP contribution in [0.4, 0.5) is 0 Å². The Morgan fingerprint density at radius 1 is 1.35 bits per heavy atom. The first kappa shape index (κ1) is 14.8. The van der Waals surface area contributed by atoms with E-state index in [-0.39, 0.29) is 13.2 Å². The van der Waals surface area contributed by atoms with E-state index in [1.54, 1.807) is 6.26 Å². The van der Waals surface area contributed by atoms with Crippen molar-refractivity contribution in [3.8, 4) is 0 Å². The van der Waals surface area contributed by atoms with Crippen LogP contribution in [0.3, 0.4) is 0 Å². The lowest BCUT2D eigenvalue weighted by molar-refractivity contribution is 0.192. The van der Waals surface area contributed by atoms with E-state index in [2.05, 4.69) is 0 Å². The summed E-state index contributed by atoms with van der Waals surface area (Å²) in [6.07, 6.45) is 6.37. The smallest absolute Gasteiger partial charge is 0.135 e. The molecule has 1 aromatic heterocycles. The first-order chi connectivity index (χ1) is 9.57. The van der Waals surface area contributed by atoms with Crippen molar-refractivity contribution in [3.05, 3.63) is 42.0 Å². The quantitative estimate of drug-likeness (QED) is 0.722. The lowest BCUT2D eigenvalue weighted by atomic mass is 9.87. The summed E-state index contributed by atoms with van der Waals surface area (Å²) in [6.45, 7) is 2.95. The SMILES string of the molecule is CC1(N)C=C(c2ccco2)C(N(CCO)CCO)=CC1. The number of aliphatic hydroxyl groups is 2. The minimum Gasteiger partial charge on any atom is -0.464 e. The number of aliphatic hydroxyl groups excluding tert-OH is 2. The standard InChI is InChI=1S/C15H22N2O3/c1-15(16)5-4-13(17(6-8-18)7-9-19)12(11-15)14-3-2-10-20-14/h2-4,10-11,18-19H,5-9,16H2,1H3. The maximum Gasteiger partial charge on any atom is 0.135 e. The van der Waals surface area contributed by atoms with Gasteiger partial charge in [-0.05, 0) is 25.5 Å². The van der Waals surface area contributed by atoms with Gasteiger partial charge in [0.05, 0.1) is 19.5 Å². The molecule has 4 N–H and O–H groups in total. The predicted octanol–water partition coefficient (Wildman–Crippen LogP) is 0.955. The fourth-order valence-corrected chi connectivity index (χ4v) is 2.41. The fraction of sp³-hybridized carbons (Fsp3) is 0.467. The van der Waals surface area contributed by atoms with E-state index in [9.17, 15) is 10.2 Å².